The minimum absolute atomic E-state index is 0.424. The number of carbonyl (C=O) groups is 2. The second-order valence-corrected chi connectivity index (χ2v) is 5.79. The van der Waals surface area contributed by atoms with Gasteiger partial charge in [-0.15, -0.1) is 0 Å². The van der Waals surface area contributed by atoms with Crippen molar-refractivity contribution < 1.29 is 9.59 Å². The van der Waals surface area contributed by atoms with Gasteiger partial charge in [-0.05, 0) is 37.6 Å². The molecule has 3 heterocycles. The number of rotatable bonds is 1. The van der Waals surface area contributed by atoms with Crippen LogP contribution in [0.1, 0.15) is 23.2 Å². The van der Waals surface area contributed by atoms with Crippen molar-refractivity contribution in [2.75, 3.05) is 36.4 Å². The molecule has 3 aliphatic heterocycles. The summed E-state index contributed by atoms with van der Waals surface area (Å²) >= 11 is 0. The topological polar surface area (TPSA) is 52.7 Å². The summed E-state index contributed by atoms with van der Waals surface area (Å²) < 4.78 is 0. The molecule has 20 heavy (non-hydrogen) atoms. The van der Waals surface area contributed by atoms with Crippen LogP contribution in [0.25, 0.3) is 0 Å². The molecule has 1 amide bonds. The summed E-state index contributed by atoms with van der Waals surface area (Å²) in [5, 5.41) is 2.65. The smallest absolute Gasteiger partial charge is 0.296 e. The Labute approximate surface area is 117 Å². The van der Waals surface area contributed by atoms with Crippen molar-refractivity contribution in [1.82, 2.24) is 4.90 Å². The molecule has 1 aromatic rings. The minimum atomic E-state index is -0.516. The Morgan fingerprint density at radius 3 is 2.95 bits per heavy atom. The molecule has 1 N–H and O–H groups in total. The van der Waals surface area contributed by atoms with Gasteiger partial charge < -0.3 is 10.2 Å². The fourth-order valence-corrected chi connectivity index (χ4v) is 3.56. The Morgan fingerprint density at radius 1 is 1.15 bits per heavy atom. The van der Waals surface area contributed by atoms with E-state index >= 15 is 0 Å². The number of piperazine rings is 1. The first-order valence-electron chi connectivity index (χ1n) is 7.21. The number of ketones is 1. The van der Waals surface area contributed by atoms with Crippen molar-refractivity contribution in [2.24, 2.45) is 0 Å². The van der Waals surface area contributed by atoms with E-state index in [2.05, 4.69) is 15.1 Å². The average molecular weight is 271 g/mol. The predicted octanol–water partition coefficient (Wildman–Crippen LogP) is 1.11. The molecule has 0 bridgehead atoms. The lowest BCUT2D eigenvalue weighted by Crippen LogP contribution is -2.50. The van der Waals surface area contributed by atoms with Crippen LogP contribution in [-0.4, -0.2) is 48.8 Å². The summed E-state index contributed by atoms with van der Waals surface area (Å²) in [5.41, 5.74) is 2.26. The number of nitrogens with one attached hydrogen (secondary N) is 1. The quantitative estimate of drug-likeness (QED) is 0.777. The lowest BCUT2D eigenvalue weighted by atomic mass is 10.1. The number of Topliss-reactive ketones (excluding diaryl/α,β-unsaturated/α-hetero) is 1. The first-order valence-corrected chi connectivity index (χ1v) is 7.21. The lowest BCUT2D eigenvalue weighted by molar-refractivity contribution is -0.112. The van der Waals surface area contributed by atoms with Crippen LogP contribution < -0.4 is 10.2 Å². The number of anilines is 2. The van der Waals surface area contributed by atoms with Crippen LogP contribution in [0.5, 0.6) is 0 Å². The van der Waals surface area contributed by atoms with Gasteiger partial charge in [0, 0.05) is 31.4 Å². The van der Waals surface area contributed by atoms with Gasteiger partial charge in [0.2, 0.25) is 0 Å². The van der Waals surface area contributed by atoms with Gasteiger partial charge in [-0.25, -0.2) is 0 Å². The number of hydrogen-bond donors (Lipinski definition) is 1. The molecule has 0 saturated carbocycles. The first kappa shape index (κ1) is 11.9. The van der Waals surface area contributed by atoms with Crippen LogP contribution in [0, 0.1) is 0 Å². The zero-order chi connectivity index (χ0) is 13.7. The lowest BCUT2D eigenvalue weighted by Gasteiger charge is -2.38. The Kier molecular flexibility index (Phi) is 2.57. The standard InChI is InChI=1S/C15H17N3O2/c19-14-12-4-3-10(8-13(12)16-15(14)20)18-7-6-17-5-1-2-11(17)9-18/h3-4,8,11H,1-2,5-7,9H2,(H,16,19,20). The molecular formula is C15H17N3O2. The van der Waals surface area contributed by atoms with E-state index in [0.29, 0.717) is 17.3 Å². The maximum atomic E-state index is 11.6. The number of hydrogen-bond acceptors (Lipinski definition) is 4. The summed E-state index contributed by atoms with van der Waals surface area (Å²) in [6.07, 6.45) is 2.57. The van der Waals surface area contributed by atoms with Crippen molar-refractivity contribution in [3.63, 3.8) is 0 Å². The van der Waals surface area contributed by atoms with Gasteiger partial charge in [0.25, 0.3) is 11.7 Å². The van der Waals surface area contributed by atoms with Crippen LogP contribution in [0.2, 0.25) is 0 Å². The maximum absolute atomic E-state index is 11.6. The second kappa shape index (κ2) is 4.31. The van der Waals surface area contributed by atoms with Crippen molar-refractivity contribution >= 4 is 23.1 Å². The van der Waals surface area contributed by atoms with Crippen LogP contribution in [-0.2, 0) is 4.79 Å². The van der Waals surface area contributed by atoms with Crippen LogP contribution in [0.4, 0.5) is 11.4 Å². The Balaban J connectivity index is 1.59. The number of carbonyl (C=O) groups excluding carboxylic acids is 2. The third kappa shape index (κ3) is 1.73. The number of amides is 1. The normalized spacial score (nSPS) is 25.6. The third-order valence-corrected chi connectivity index (χ3v) is 4.65. The van der Waals surface area contributed by atoms with E-state index in [1.807, 2.05) is 12.1 Å². The van der Waals surface area contributed by atoms with Gasteiger partial charge in [0.05, 0.1) is 11.3 Å². The second-order valence-electron chi connectivity index (χ2n) is 5.79. The predicted molar refractivity (Wildman–Crippen MR) is 76.2 cm³/mol. The van der Waals surface area contributed by atoms with Crippen LogP contribution in [0.3, 0.4) is 0 Å². The number of benzene rings is 1. The minimum Gasteiger partial charge on any atom is -0.369 e. The van der Waals surface area contributed by atoms with Crippen LogP contribution >= 0.6 is 0 Å². The first-order chi connectivity index (χ1) is 9.72. The fraction of sp³-hybridized carbons (Fsp3) is 0.467. The van der Waals surface area contributed by atoms with E-state index in [4.69, 9.17) is 0 Å². The molecule has 1 aromatic carbocycles. The molecule has 5 heteroatoms. The molecule has 0 spiro atoms. The van der Waals surface area contributed by atoms with Gasteiger partial charge in [0.15, 0.2) is 0 Å². The molecule has 5 nitrogen and oxygen atoms in total. The van der Waals surface area contributed by atoms with Gasteiger partial charge in [-0.3, -0.25) is 14.5 Å². The van der Waals surface area contributed by atoms with Gasteiger partial charge in [-0.1, -0.05) is 0 Å². The largest absolute Gasteiger partial charge is 0.369 e. The highest BCUT2D eigenvalue weighted by Crippen LogP contribution is 2.31. The SMILES string of the molecule is O=C1Nc2cc(N3CCN4CCCC4C3)ccc2C1=O. The molecule has 4 rings (SSSR count). The summed E-state index contributed by atoms with van der Waals surface area (Å²) in [6.45, 7) is 4.39. The van der Waals surface area contributed by atoms with Gasteiger partial charge in [0.1, 0.15) is 0 Å². The third-order valence-electron chi connectivity index (χ3n) is 4.65. The molecule has 1 atom stereocenters. The van der Waals surface area contributed by atoms with Crippen molar-refractivity contribution in [2.45, 2.75) is 18.9 Å². The van der Waals surface area contributed by atoms with Gasteiger partial charge >= 0.3 is 0 Å². The summed E-state index contributed by atoms with van der Waals surface area (Å²) in [5.74, 6) is -0.940. The molecule has 104 valence electrons. The summed E-state index contributed by atoms with van der Waals surface area (Å²) in [4.78, 5) is 27.9. The van der Waals surface area contributed by atoms with E-state index in [1.54, 1.807) is 6.07 Å². The molecule has 0 aromatic heterocycles. The van der Waals surface area contributed by atoms with E-state index in [-0.39, 0.29) is 0 Å². The maximum Gasteiger partial charge on any atom is 0.296 e. The van der Waals surface area contributed by atoms with E-state index in [9.17, 15) is 9.59 Å². The molecule has 0 aliphatic carbocycles. The van der Waals surface area contributed by atoms with E-state index in [0.717, 1.165) is 25.3 Å². The fourth-order valence-electron chi connectivity index (χ4n) is 3.56. The molecule has 3 aliphatic rings. The number of fused-ring (bicyclic) bond motifs is 2. The van der Waals surface area contributed by atoms with Crippen LogP contribution in [0.15, 0.2) is 18.2 Å². The highest BCUT2D eigenvalue weighted by atomic mass is 16.2. The van der Waals surface area contributed by atoms with E-state index in [1.165, 1.54) is 19.4 Å². The monoisotopic (exact) mass is 271 g/mol. The zero-order valence-electron chi connectivity index (χ0n) is 11.3. The Morgan fingerprint density at radius 2 is 2.05 bits per heavy atom. The van der Waals surface area contributed by atoms with Crippen molar-refractivity contribution in [3.05, 3.63) is 23.8 Å². The molecular weight excluding hydrogens is 254 g/mol. The van der Waals surface area contributed by atoms with Crippen molar-refractivity contribution in [1.29, 1.82) is 0 Å². The molecule has 0 radical (unpaired) electrons. The molecule has 1 unspecified atom stereocenters. The van der Waals surface area contributed by atoms with Gasteiger partial charge in [-0.2, -0.15) is 0 Å². The Hall–Kier alpha value is -1.88. The summed E-state index contributed by atoms with van der Waals surface area (Å²) in [6, 6.07) is 6.32. The van der Waals surface area contributed by atoms with Crippen molar-refractivity contribution in [3.8, 4) is 0 Å². The average Bonchev–Trinajstić information content (AvgIpc) is 3.03. The molecule has 2 saturated heterocycles. The molecule has 2 fully saturated rings. The Bertz CT molecular complexity index is 599. The van der Waals surface area contributed by atoms with E-state index < -0.39 is 11.7 Å². The number of nitrogens with zero attached hydrogens (tertiary/aromatic N) is 2. The highest BCUT2D eigenvalue weighted by Gasteiger charge is 2.32. The zero-order valence-corrected chi connectivity index (χ0v) is 11.3. The summed E-state index contributed by atoms with van der Waals surface area (Å²) in [7, 11) is 0. The highest BCUT2D eigenvalue weighted by molar-refractivity contribution is 6.51.